The first kappa shape index (κ1) is 19.4. The molecule has 134 valence electrons. The van der Waals surface area contributed by atoms with E-state index in [1.54, 1.807) is 6.26 Å². The Balaban J connectivity index is 0.00000225. The molecule has 0 aliphatic carbocycles. The molecule has 0 saturated carbocycles. The molecule has 3 rings (SSSR count). The molecule has 6 heteroatoms. The van der Waals surface area contributed by atoms with Crippen LogP contribution in [0.2, 0.25) is 0 Å². The Kier molecular flexibility index (Phi) is 7.84. The van der Waals surface area contributed by atoms with E-state index in [0.29, 0.717) is 6.54 Å². The second-order valence-electron chi connectivity index (χ2n) is 5.66. The Bertz CT molecular complexity index is 780. The molecule has 0 aliphatic heterocycles. The van der Waals surface area contributed by atoms with Crippen LogP contribution in [0.1, 0.15) is 24.7 Å². The van der Waals surface area contributed by atoms with Gasteiger partial charge >= 0.3 is 0 Å². The highest BCUT2D eigenvalue weighted by molar-refractivity contribution is 14.0. The van der Waals surface area contributed by atoms with Crippen molar-refractivity contribution in [1.29, 1.82) is 0 Å². The summed E-state index contributed by atoms with van der Waals surface area (Å²) in [6.45, 7) is 4.33. The van der Waals surface area contributed by atoms with E-state index in [4.69, 9.17) is 4.42 Å². The third-order valence-corrected chi connectivity index (χ3v) is 3.91. The third kappa shape index (κ3) is 5.52. The summed E-state index contributed by atoms with van der Waals surface area (Å²) in [4.78, 5) is 7.86. The summed E-state index contributed by atoms with van der Waals surface area (Å²) in [5.74, 6) is 1.69. The van der Waals surface area contributed by atoms with Crippen molar-refractivity contribution in [3.05, 3.63) is 60.2 Å². The van der Waals surface area contributed by atoms with Crippen LogP contribution in [0.25, 0.3) is 10.9 Å². The molecule has 25 heavy (non-hydrogen) atoms. The van der Waals surface area contributed by atoms with Crippen LogP contribution in [-0.4, -0.2) is 24.0 Å². The lowest BCUT2D eigenvalue weighted by Gasteiger charge is -2.10. The van der Waals surface area contributed by atoms with E-state index >= 15 is 0 Å². The highest BCUT2D eigenvalue weighted by atomic mass is 127. The van der Waals surface area contributed by atoms with Gasteiger partial charge in [0.25, 0.3) is 0 Å². The number of furan rings is 1. The van der Waals surface area contributed by atoms with Crippen LogP contribution < -0.4 is 10.6 Å². The number of aliphatic imine (C=N–C) groups is 1. The van der Waals surface area contributed by atoms with Gasteiger partial charge in [0.2, 0.25) is 0 Å². The van der Waals surface area contributed by atoms with Gasteiger partial charge in [0.1, 0.15) is 12.3 Å². The molecule has 1 aromatic carbocycles. The van der Waals surface area contributed by atoms with Crippen molar-refractivity contribution in [2.45, 2.75) is 26.3 Å². The van der Waals surface area contributed by atoms with E-state index in [1.807, 2.05) is 12.1 Å². The monoisotopic (exact) mass is 452 g/mol. The SMILES string of the molecule is CCNC(=NCc1ccco1)NCCCc1c[nH]c2ccccc12.I. The van der Waals surface area contributed by atoms with Crippen molar-refractivity contribution in [2.75, 3.05) is 13.1 Å². The van der Waals surface area contributed by atoms with Crippen LogP contribution in [-0.2, 0) is 13.0 Å². The fourth-order valence-electron chi connectivity index (χ4n) is 2.73. The van der Waals surface area contributed by atoms with E-state index < -0.39 is 0 Å². The topological polar surface area (TPSA) is 65.3 Å². The van der Waals surface area contributed by atoms with Crippen LogP contribution >= 0.6 is 24.0 Å². The third-order valence-electron chi connectivity index (χ3n) is 3.91. The van der Waals surface area contributed by atoms with Gasteiger partial charge in [-0.05, 0) is 43.5 Å². The predicted octanol–water partition coefficient (Wildman–Crippen LogP) is 4.07. The van der Waals surface area contributed by atoms with E-state index in [9.17, 15) is 0 Å². The molecule has 0 fully saturated rings. The average molecular weight is 452 g/mol. The molecule has 3 aromatic rings. The van der Waals surface area contributed by atoms with E-state index in [2.05, 4.69) is 58.0 Å². The summed E-state index contributed by atoms with van der Waals surface area (Å²) in [5.41, 5.74) is 2.57. The Morgan fingerprint density at radius 2 is 2.04 bits per heavy atom. The van der Waals surface area contributed by atoms with Crippen LogP contribution in [0.4, 0.5) is 0 Å². The summed E-state index contributed by atoms with van der Waals surface area (Å²) in [6, 6.07) is 12.2. The highest BCUT2D eigenvalue weighted by Gasteiger charge is 2.03. The maximum atomic E-state index is 5.31. The van der Waals surface area contributed by atoms with Crippen LogP contribution in [0.5, 0.6) is 0 Å². The van der Waals surface area contributed by atoms with Crippen LogP contribution in [0.15, 0.2) is 58.3 Å². The number of nitrogens with one attached hydrogen (secondary N) is 3. The summed E-state index contributed by atoms with van der Waals surface area (Å²) in [5, 5.41) is 7.96. The van der Waals surface area contributed by atoms with Crippen molar-refractivity contribution in [3.8, 4) is 0 Å². The van der Waals surface area contributed by atoms with Crippen molar-refractivity contribution in [3.63, 3.8) is 0 Å². The van der Waals surface area contributed by atoms with Crippen molar-refractivity contribution < 1.29 is 4.42 Å². The minimum atomic E-state index is 0. The number of nitrogens with zero attached hydrogens (tertiary/aromatic N) is 1. The number of H-pyrrole nitrogens is 1. The van der Waals surface area contributed by atoms with E-state index in [0.717, 1.165) is 37.7 Å². The summed E-state index contributed by atoms with van der Waals surface area (Å²) in [6.07, 6.45) is 5.87. The molecule has 0 atom stereocenters. The van der Waals surface area contributed by atoms with Crippen LogP contribution in [0.3, 0.4) is 0 Å². The van der Waals surface area contributed by atoms with E-state index in [-0.39, 0.29) is 24.0 Å². The zero-order valence-corrected chi connectivity index (χ0v) is 16.7. The van der Waals surface area contributed by atoms with Gasteiger partial charge in [-0.2, -0.15) is 0 Å². The largest absolute Gasteiger partial charge is 0.467 e. The molecule has 0 amide bonds. The second kappa shape index (κ2) is 10.1. The number of fused-ring (bicyclic) bond motifs is 1. The Morgan fingerprint density at radius 1 is 1.16 bits per heavy atom. The fraction of sp³-hybridized carbons (Fsp3) is 0.316. The lowest BCUT2D eigenvalue weighted by Crippen LogP contribution is -2.37. The summed E-state index contributed by atoms with van der Waals surface area (Å²) >= 11 is 0. The Hall–Kier alpha value is -1.96. The standard InChI is InChI=1S/C19H24N4O.HI/c1-2-20-19(23-14-16-8-6-12-24-16)21-11-5-7-15-13-22-18-10-4-3-9-17(15)18;/h3-4,6,8-10,12-13,22H,2,5,7,11,14H2,1H3,(H2,20,21,23);1H. The number of hydrogen-bond acceptors (Lipinski definition) is 2. The number of guanidine groups is 1. The molecule has 2 heterocycles. The number of aromatic nitrogens is 1. The van der Waals surface area contributed by atoms with Crippen LogP contribution in [0, 0.1) is 0 Å². The van der Waals surface area contributed by atoms with Gasteiger partial charge in [0.15, 0.2) is 5.96 Å². The molecule has 0 saturated heterocycles. The van der Waals surface area contributed by atoms with E-state index in [1.165, 1.54) is 16.5 Å². The summed E-state index contributed by atoms with van der Waals surface area (Å²) < 4.78 is 5.31. The maximum Gasteiger partial charge on any atom is 0.191 e. The number of aromatic amines is 1. The van der Waals surface area contributed by atoms with Gasteiger partial charge in [0, 0.05) is 30.2 Å². The minimum Gasteiger partial charge on any atom is -0.467 e. The molecule has 0 aliphatic rings. The first-order valence-corrected chi connectivity index (χ1v) is 8.46. The molecule has 0 spiro atoms. The van der Waals surface area contributed by atoms with Crippen molar-refractivity contribution in [2.24, 2.45) is 4.99 Å². The quantitative estimate of drug-likeness (QED) is 0.219. The second-order valence-corrected chi connectivity index (χ2v) is 5.66. The van der Waals surface area contributed by atoms with Crippen molar-refractivity contribution >= 4 is 40.8 Å². The zero-order valence-electron chi connectivity index (χ0n) is 14.4. The predicted molar refractivity (Wildman–Crippen MR) is 114 cm³/mol. The minimum absolute atomic E-state index is 0. The number of aryl methyl sites for hydroxylation is 1. The van der Waals surface area contributed by atoms with Gasteiger partial charge in [-0.1, -0.05) is 18.2 Å². The van der Waals surface area contributed by atoms with Gasteiger partial charge in [-0.15, -0.1) is 24.0 Å². The van der Waals surface area contributed by atoms with Gasteiger partial charge < -0.3 is 20.0 Å². The molecule has 5 nitrogen and oxygen atoms in total. The molecule has 0 bridgehead atoms. The molecule has 3 N–H and O–H groups in total. The molecular weight excluding hydrogens is 427 g/mol. The first-order chi connectivity index (χ1) is 11.9. The molecular formula is C19H25IN4O. The van der Waals surface area contributed by atoms with Crippen molar-refractivity contribution in [1.82, 2.24) is 15.6 Å². The highest BCUT2D eigenvalue weighted by Crippen LogP contribution is 2.18. The fourth-order valence-corrected chi connectivity index (χ4v) is 2.73. The lowest BCUT2D eigenvalue weighted by molar-refractivity contribution is 0.512. The molecule has 0 unspecified atom stereocenters. The first-order valence-electron chi connectivity index (χ1n) is 8.46. The van der Waals surface area contributed by atoms with Gasteiger partial charge in [-0.25, -0.2) is 4.99 Å². The normalized spacial score (nSPS) is 11.3. The zero-order chi connectivity index (χ0) is 16.6. The number of hydrogen-bond donors (Lipinski definition) is 3. The average Bonchev–Trinajstić information content (AvgIpc) is 3.26. The lowest BCUT2D eigenvalue weighted by atomic mass is 10.1. The maximum absolute atomic E-state index is 5.31. The summed E-state index contributed by atoms with van der Waals surface area (Å²) in [7, 11) is 0. The number of benzene rings is 1. The molecule has 2 aromatic heterocycles. The number of rotatable bonds is 7. The Labute approximate surface area is 165 Å². The van der Waals surface area contributed by atoms with Gasteiger partial charge in [-0.3, -0.25) is 0 Å². The Morgan fingerprint density at radius 3 is 2.84 bits per heavy atom. The molecule has 0 radical (unpaired) electrons. The number of para-hydroxylation sites is 1. The smallest absolute Gasteiger partial charge is 0.191 e. The van der Waals surface area contributed by atoms with Gasteiger partial charge in [0.05, 0.1) is 6.26 Å². The number of halogens is 1.